The molecule has 136 valence electrons. The summed E-state index contributed by atoms with van der Waals surface area (Å²) in [7, 11) is 1.63. The lowest BCUT2D eigenvalue weighted by atomic mass is 9.95. The molecule has 1 atom stereocenters. The van der Waals surface area contributed by atoms with Gasteiger partial charge in [0, 0.05) is 12.1 Å². The second-order valence-electron chi connectivity index (χ2n) is 6.57. The standard InChI is InChI=1S/C22H25NO3/c1-3-4-10-19-20(17-8-6-5-7-9-17)21(24)22(25)23(19)15-16-11-13-18(26-2)14-12-16/h5-9,11-14,19,24H,3-4,10,15H2,1-2H3. The Morgan fingerprint density at radius 1 is 1.08 bits per heavy atom. The number of carbonyl (C=O) groups is 1. The van der Waals surface area contributed by atoms with Crippen LogP contribution in [0, 0.1) is 0 Å². The van der Waals surface area contributed by atoms with E-state index < -0.39 is 0 Å². The van der Waals surface area contributed by atoms with Crippen molar-refractivity contribution in [3.63, 3.8) is 0 Å². The van der Waals surface area contributed by atoms with Gasteiger partial charge in [-0.1, -0.05) is 62.2 Å². The van der Waals surface area contributed by atoms with Gasteiger partial charge in [0.25, 0.3) is 5.91 Å². The maximum atomic E-state index is 12.8. The smallest absolute Gasteiger partial charge is 0.289 e. The molecule has 4 heteroatoms. The van der Waals surface area contributed by atoms with Gasteiger partial charge >= 0.3 is 0 Å². The molecule has 2 aromatic rings. The lowest BCUT2D eigenvalue weighted by Gasteiger charge is -2.27. The van der Waals surface area contributed by atoms with Gasteiger partial charge in [0.2, 0.25) is 0 Å². The minimum absolute atomic E-state index is 0.105. The summed E-state index contributed by atoms with van der Waals surface area (Å²) in [5, 5.41) is 10.6. The highest BCUT2D eigenvalue weighted by molar-refractivity contribution is 6.05. The number of methoxy groups -OCH3 is 1. The average Bonchev–Trinajstić information content (AvgIpc) is 2.92. The number of hydrogen-bond acceptors (Lipinski definition) is 3. The second-order valence-corrected chi connectivity index (χ2v) is 6.57. The SMILES string of the molecule is CCCCC1C(c2ccccc2)=C(O)C(=O)N1Cc1ccc(OC)cc1. The van der Waals surface area contributed by atoms with Crippen LogP contribution < -0.4 is 4.74 Å². The van der Waals surface area contributed by atoms with Gasteiger partial charge in [-0.3, -0.25) is 4.79 Å². The van der Waals surface area contributed by atoms with Gasteiger partial charge in [-0.2, -0.15) is 0 Å². The number of hydrogen-bond donors (Lipinski definition) is 1. The molecule has 1 amide bonds. The summed E-state index contributed by atoms with van der Waals surface area (Å²) in [6.45, 7) is 2.61. The molecule has 0 saturated heterocycles. The van der Waals surface area contributed by atoms with Crippen molar-refractivity contribution < 1.29 is 14.6 Å². The molecule has 0 aliphatic carbocycles. The van der Waals surface area contributed by atoms with Crippen LogP contribution in [0.2, 0.25) is 0 Å². The van der Waals surface area contributed by atoms with Gasteiger partial charge in [-0.25, -0.2) is 0 Å². The Hall–Kier alpha value is -2.75. The van der Waals surface area contributed by atoms with Crippen LogP contribution in [0.3, 0.4) is 0 Å². The fourth-order valence-electron chi connectivity index (χ4n) is 3.46. The maximum absolute atomic E-state index is 12.8. The Labute approximate surface area is 154 Å². The third kappa shape index (κ3) is 3.59. The molecule has 3 rings (SSSR count). The highest BCUT2D eigenvalue weighted by Gasteiger charge is 2.39. The van der Waals surface area contributed by atoms with E-state index in [2.05, 4.69) is 6.92 Å². The van der Waals surface area contributed by atoms with Crippen molar-refractivity contribution in [2.75, 3.05) is 7.11 Å². The minimum Gasteiger partial charge on any atom is -0.503 e. The van der Waals surface area contributed by atoms with Gasteiger partial charge in [-0.15, -0.1) is 0 Å². The first-order valence-corrected chi connectivity index (χ1v) is 9.08. The molecule has 1 aliphatic rings. The Morgan fingerprint density at radius 2 is 1.77 bits per heavy atom. The van der Waals surface area contributed by atoms with Crippen molar-refractivity contribution in [2.24, 2.45) is 0 Å². The molecule has 0 fully saturated rings. The van der Waals surface area contributed by atoms with Crippen molar-refractivity contribution in [2.45, 2.75) is 38.8 Å². The van der Waals surface area contributed by atoms with Crippen LogP contribution in [0.5, 0.6) is 5.75 Å². The molecule has 1 aliphatic heterocycles. The largest absolute Gasteiger partial charge is 0.503 e. The van der Waals surface area contributed by atoms with E-state index in [1.165, 1.54) is 0 Å². The Kier molecular flexibility index (Phi) is 5.61. The molecule has 2 aromatic carbocycles. The molecule has 0 saturated carbocycles. The van der Waals surface area contributed by atoms with Gasteiger partial charge in [0.15, 0.2) is 5.76 Å². The Morgan fingerprint density at radius 3 is 2.38 bits per heavy atom. The van der Waals surface area contributed by atoms with E-state index in [9.17, 15) is 9.90 Å². The minimum atomic E-state index is -0.291. The molecule has 0 bridgehead atoms. The number of amides is 1. The molecule has 0 aromatic heterocycles. The van der Waals surface area contributed by atoms with Crippen LogP contribution in [-0.4, -0.2) is 29.1 Å². The summed E-state index contributed by atoms with van der Waals surface area (Å²) in [4.78, 5) is 14.6. The summed E-state index contributed by atoms with van der Waals surface area (Å²) in [5.74, 6) is 0.376. The summed E-state index contributed by atoms with van der Waals surface area (Å²) >= 11 is 0. The van der Waals surface area contributed by atoms with Crippen molar-refractivity contribution in [3.8, 4) is 5.75 Å². The fourth-order valence-corrected chi connectivity index (χ4v) is 3.46. The molecule has 1 N–H and O–H groups in total. The third-order valence-corrected chi connectivity index (χ3v) is 4.86. The zero-order chi connectivity index (χ0) is 18.5. The Bertz CT molecular complexity index is 781. The zero-order valence-electron chi connectivity index (χ0n) is 15.3. The van der Waals surface area contributed by atoms with Crippen LogP contribution in [0.1, 0.15) is 37.3 Å². The molecule has 26 heavy (non-hydrogen) atoms. The fraction of sp³-hybridized carbons (Fsp3) is 0.318. The van der Waals surface area contributed by atoms with Gasteiger partial charge in [0.05, 0.1) is 13.2 Å². The predicted molar refractivity (Wildman–Crippen MR) is 103 cm³/mol. The monoisotopic (exact) mass is 351 g/mol. The molecular weight excluding hydrogens is 326 g/mol. The van der Waals surface area contributed by atoms with Crippen LogP contribution >= 0.6 is 0 Å². The van der Waals surface area contributed by atoms with Crippen LogP contribution in [-0.2, 0) is 11.3 Å². The number of aliphatic hydroxyl groups is 1. The van der Waals surface area contributed by atoms with E-state index in [-0.39, 0.29) is 17.7 Å². The molecule has 1 heterocycles. The summed E-state index contributed by atoms with van der Waals surface area (Å²) in [5.41, 5.74) is 2.68. The number of unbranched alkanes of at least 4 members (excludes halogenated alkanes) is 1. The first-order chi connectivity index (χ1) is 12.7. The number of aliphatic hydroxyl groups excluding tert-OH is 1. The number of ether oxygens (including phenoxy) is 1. The van der Waals surface area contributed by atoms with Gasteiger partial charge in [-0.05, 0) is 29.7 Å². The lowest BCUT2D eigenvalue weighted by Crippen LogP contribution is -2.35. The lowest BCUT2D eigenvalue weighted by molar-refractivity contribution is -0.130. The topological polar surface area (TPSA) is 49.8 Å². The number of rotatable bonds is 7. The Balaban J connectivity index is 1.90. The average molecular weight is 351 g/mol. The normalized spacial score (nSPS) is 17.1. The van der Waals surface area contributed by atoms with Crippen molar-refractivity contribution >= 4 is 11.5 Å². The first-order valence-electron chi connectivity index (χ1n) is 9.08. The maximum Gasteiger partial charge on any atom is 0.289 e. The molecular formula is C22H25NO3. The highest BCUT2D eigenvalue weighted by Crippen LogP contribution is 2.36. The molecule has 0 radical (unpaired) electrons. The van der Waals surface area contributed by atoms with E-state index in [0.717, 1.165) is 41.7 Å². The quantitative estimate of drug-likeness (QED) is 0.795. The molecule has 0 spiro atoms. The summed E-state index contributed by atoms with van der Waals surface area (Å²) < 4.78 is 5.20. The summed E-state index contributed by atoms with van der Waals surface area (Å²) in [6, 6.07) is 17.3. The van der Waals surface area contributed by atoms with E-state index in [4.69, 9.17) is 4.74 Å². The molecule has 1 unspecified atom stereocenters. The van der Waals surface area contributed by atoms with Crippen molar-refractivity contribution in [1.29, 1.82) is 0 Å². The molecule has 4 nitrogen and oxygen atoms in total. The van der Waals surface area contributed by atoms with E-state index >= 15 is 0 Å². The van der Waals surface area contributed by atoms with E-state index in [1.54, 1.807) is 12.0 Å². The van der Waals surface area contributed by atoms with Crippen molar-refractivity contribution in [1.82, 2.24) is 4.90 Å². The van der Waals surface area contributed by atoms with Crippen LogP contribution in [0.25, 0.3) is 5.57 Å². The van der Waals surface area contributed by atoms with Crippen LogP contribution in [0.4, 0.5) is 0 Å². The van der Waals surface area contributed by atoms with Gasteiger partial charge < -0.3 is 14.7 Å². The van der Waals surface area contributed by atoms with E-state index in [0.29, 0.717) is 6.54 Å². The van der Waals surface area contributed by atoms with Crippen molar-refractivity contribution in [3.05, 3.63) is 71.5 Å². The van der Waals surface area contributed by atoms with E-state index in [1.807, 2.05) is 54.6 Å². The number of benzene rings is 2. The van der Waals surface area contributed by atoms with Gasteiger partial charge in [0.1, 0.15) is 5.75 Å². The second kappa shape index (κ2) is 8.09. The number of nitrogens with zero attached hydrogens (tertiary/aromatic N) is 1. The highest BCUT2D eigenvalue weighted by atomic mass is 16.5. The predicted octanol–water partition coefficient (Wildman–Crippen LogP) is 4.57. The van der Waals surface area contributed by atoms with Crippen LogP contribution in [0.15, 0.2) is 60.4 Å². The third-order valence-electron chi connectivity index (χ3n) is 4.86. The zero-order valence-corrected chi connectivity index (χ0v) is 15.3. The first kappa shape index (κ1) is 18.1. The summed E-state index contributed by atoms with van der Waals surface area (Å²) in [6.07, 6.45) is 2.89. The number of carbonyl (C=O) groups excluding carboxylic acids is 1.